The van der Waals surface area contributed by atoms with E-state index in [1.54, 1.807) is 43.3 Å². The lowest BCUT2D eigenvalue weighted by Crippen LogP contribution is -2.30. The van der Waals surface area contributed by atoms with Crippen LogP contribution in [0.2, 0.25) is 0 Å². The van der Waals surface area contributed by atoms with Crippen molar-refractivity contribution in [2.24, 2.45) is 0 Å². The SMILES string of the molecule is Cc1[nH][nH]c(=O)c1C(c1ccccc1)C(C#N)[N+](=O)[O-]. The summed E-state index contributed by atoms with van der Waals surface area (Å²) in [5.41, 5.74) is 0.827. The van der Waals surface area contributed by atoms with Gasteiger partial charge >= 0.3 is 6.04 Å². The standard InChI is InChI=1S/C13H12N4O3/c1-8-11(13(18)16-15-8)12(10(7-14)17(19)20)9-5-3-2-4-6-9/h2-6,10,12H,1H3,(H2,15,16,18). The molecule has 2 rings (SSSR count). The first-order chi connectivity index (χ1) is 9.56. The molecule has 0 radical (unpaired) electrons. The van der Waals surface area contributed by atoms with Crippen molar-refractivity contribution in [2.75, 3.05) is 0 Å². The molecular weight excluding hydrogens is 260 g/mol. The van der Waals surface area contributed by atoms with E-state index in [1.807, 2.05) is 0 Å². The van der Waals surface area contributed by atoms with Crippen molar-refractivity contribution in [1.82, 2.24) is 10.2 Å². The lowest BCUT2D eigenvalue weighted by atomic mass is 9.86. The fraction of sp³-hybridized carbons (Fsp3) is 0.231. The average Bonchev–Trinajstić information content (AvgIpc) is 2.76. The molecule has 0 saturated heterocycles. The molecule has 2 N–H and O–H groups in total. The molecule has 0 bridgehead atoms. The van der Waals surface area contributed by atoms with E-state index in [0.29, 0.717) is 11.3 Å². The Hall–Kier alpha value is -2.88. The van der Waals surface area contributed by atoms with Gasteiger partial charge in [-0.15, -0.1) is 0 Å². The summed E-state index contributed by atoms with van der Waals surface area (Å²) in [4.78, 5) is 22.3. The molecule has 20 heavy (non-hydrogen) atoms. The molecule has 1 aromatic heterocycles. The van der Waals surface area contributed by atoms with E-state index in [9.17, 15) is 14.9 Å². The van der Waals surface area contributed by atoms with Crippen LogP contribution in [0.15, 0.2) is 35.1 Å². The molecule has 2 unspecified atom stereocenters. The first kappa shape index (κ1) is 13.5. The third-order valence-corrected chi connectivity index (χ3v) is 3.16. The number of aromatic amines is 2. The quantitative estimate of drug-likeness (QED) is 0.644. The Kier molecular flexibility index (Phi) is 3.66. The van der Waals surface area contributed by atoms with Gasteiger partial charge in [-0.1, -0.05) is 30.3 Å². The van der Waals surface area contributed by atoms with Gasteiger partial charge in [0.2, 0.25) is 0 Å². The predicted molar refractivity (Wildman–Crippen MR) is 70.8 cm³/mol. The Morgan fingerprint density at radius 1 is 1.30 bits per heavy atom. The van der Waals surface area contributed by atoms with E-state index in [4.69, 9.17) is 5.26 Å². The molecule has 2 atom stereocenters. The van der Waals surface area contributed by atoms with Crippen molar-refractivity contribution in [1.29, 1.82) is 5.26 Å². The van der Waals surface area contributed by atoms with Crippen LogP contribution in [-0.2, 0) is 0 Å². The van der Waals surface area contributed by atoms with Crippen LogP contribution in [-0.4, -0.2) is 21.2 Å². The second kappa shape index (κ2) is 5.40. The summed E-state index contributed by atoms with van der Waals surface area (Å²) in [6, 6.07) is 8.70. The molecule has 0 spiro atoms. The van der Waals surface area contributed by atoms with Gasteiger partial charge < -0.3 is 5.10 Å². The summed E-state index contributed by atoms with van der Waals surface area (Å²) in [6.45, 7) is 1.64. The number of benzene rings is 1. The van der Waals surface area contributed by atoms with Gasteiger partial charge in [0.1, 0.15) is 6.07 Å². The fourth-order valence-corrected chi connectivity index (χ4v) is 2.24. The van der Waals surface area contributed by atoms with E-state index in [0.717, 1.165) is 0 Å². The van der Waals surface area contributed by atoms with E-state index in [1.165, 1.54) is 0 Å². The highest BCUT2D eigenvalue weighted by molar-refractivity contribution is 5.36. The smallest absolute Gasteiger partial charge is 0.302 e. The Morgan fingerprint density at radius 3 is 2.40 bits per heavy atom. The van der Waals surface area contributed by atoms with Gasteiger partial charge in [0, 0.05) is 10.6 Å². The Labute approximate surface area is 114 Å². The summed E-state index contributed by atoms with van der Waals surface area (Å²) in [5.74, 6) is -0.911. The van der Waals surface area contributed by atoms with E-state index >= 15 is 0 Å². The average molecular weight is 272 g/mol. The molecule has 0 saturated carbocycles. The van der Waals surface area contributed by atoms with Crippen LogP contribution >= 0.6 is 0 Å². The van der Waals surface area contributed by atoms with Crippen molar-refractivity contribution in [3.63, 3.8) is 0 Å². The minimum absolute atomic E-state index is 0.222. The second-order valence-corrected chi connectivity index (χ2v) is 4.37. The molecule has 1 heterocycles. The fourth-order valence-electron chi connectivity index (χ4n) is 2.24. The topological polar surface area (TPSA) is 116 Å². The minimum atomic E-state index is -1.52. The van der Waals surface area contributed by atoms with Crippen molar-refractivity contribution in [3.05, 3.63) is 67.6 Å². The summed E-state index contributed by atoms with van der Waals surface area (Å²) in [6.07, 6.45) is 0. The first-order valence-electron chi connectivity index (χ1n) is 5.91. The highest BCUT2D eigenvalue weighted by Gasteiger charge is 2.37. The number of nitriles is 1. The molecule has 7 heteroatoms. The molecule has 0 aliphatic carbocycles. The molecule has 0 fully saturated rings. The number of nitro groups is 1. The number of hydrogen-bond donors (Lipinski definition) is 2. The van der Waals surface area contributed by atoms with E-state index in [-0.39, 0.29) is 5.56 Å². The maximum Gasteiger partial charge on any atom is 0.307 e. The summed E-state index contributed by atoms with van der Waals surface area (Å²) in [5, 5.41) is 25.2. The molecule has 2 aromatic rings. The number of nitrogens with zero attached hydrogens (tertiary/aromatic N) is 2. The van der Waals surface area contributed by atoms with E-state index < -0.39 is 22.4 Å². The van der Waals surface area contributed by atoms with Gasteiger partial charge in [-0.3, -0.25) is 20.0 Å². The number of aromatic nitrogens is 2. The monoisotopic (exact) mass is 272 g/mol. The summed E-state index contributed by atoms with van der Waals surface area (Å²) < 4.78 is 0. The van der Waals surface area contributed by atoms with Crippen LogP contribution in [0.1, 0.15) is 22.7 Å². The van der Waals surface area contributed by atoms with Gasteiger partial charge in [-0.05, 0) is 12.5 Å². The Balaban J connectivity index is 2.66. The Morgan fingerprint density at radius 2 is 1.95 bits per heavy atom. The van der Waals surface area contributed by atoms with Crippen LogP contribution < -0.4 is 5.56 Å². The maximum atomic E-state index is 11.9. The molecule has 1 aromatic carbocycles. The van der Waals surface area contributed by atoms with Gasteiger partial charge in [-0.25, -0.2) is 0 Å². The largest absolute Gasteiger partial charge is 0.307 e. The van der Waals surface area contributed by atoms with Crippen LogP contribution in [0.4, 0.5) is 0 Å². The van der Waals surface area contributed by atoms with Gasteiger partial charge in [0.05, 0.1) is 11.5 Å². The number of rotatable bonds is 4. The van der Waals surface area contributed by atoms with Crippen LogP contribution in [0.3, 0.4) is 0 Å². The van der Waals surface area contributed by atoms with Crippen molar-refractivity contribution < 1.29 is 4.92 Å². The lowest BCUT2D eigenvalue weighted by Gasteiger charge is -2.15. The first-order valence-corrected chi connectivity index (χ1v) is 5.91. The molecule has 0 amide bonds. The summed E-state index contributed by atoms with van der Waals surface area (Å²) in [7, 11) is 0. The van der Waals surface area contributed by atoms with Crippen molar-refractivity contribution in [2.45, 2.75) is 18.9 Å². The second-order valence-electron chi connectivity index (χ2n) is 4.37. The molecular formula is C13H12N4O3. The lowest BCUT2D eigenvalue weighted by molar-refractivity contribution is -0.509. The predicted octanol–water partition coefficient (Wildman–Crippen LogP) is 1.31. The molecule has 102 valence electrons. The molecule has 0 aliphatic rings. The third kappa shape index (κ3) is 2.31. The highest BCUT2D eigenvalue weighted by Crippen LogP contribution is 2.28. The summed E-state index contributed by atoms with van der Waals surface area (Å²) >= 11 is 0. The number of H-pyrrole nitrogens is 2. The molecule has 0 aliphatic heterocycles. The van der Waals surface area contributed by atoms with E-state index in [2.05, 4.69) is 10.2 Å². The third-order valence-electron chi connectivity index (χ3n) is 3.16. The van der Waals surface area contributed by atoms with Gasteiger partial charge in [0.25, 0.3) is 5.56 Å². The van der Waals surface area contributed by atoms with Crippen molar-refractivity contribution in [3.8, 4) is 6.07 Å². The van der Waals surface area contributed by atoms with Gasteiger partial charge in [0.15, 0.2) is 0 Å². The normalized spacial score (nSPS) is 13.4. The highest BCUT2D eigenvalue weighted by atomic mass is 16.6. The van der Waals surface area contributed by atoms with Crippen molar-refractivity contribution >= 4 is 0 Å². The van der Waals surface area contributed by atoms with Crippen LogP contribution in [0, 0.1) is 28.4 Å². The minimum Gasteiger partial charge on any atom is -0.302 e. The zero-order valence-electron chi connectivity index (χ0n) is 10.7. The number of aryl methyl sites for hydroxylation is 1. The van der Waals surface area contributed by atoms with Crippen LogP contribution in [0.5, 0.6) is 0 Å². The number of hydrogen-bond acceptors (Lipinski definition) is 4. The number of nitrogens with one attached hydrogen (secondary N) is 2. The maximum absolute atomic E-state index is 11.9. The van der Waals surface area contributed by atoms with Crippen LogP contribution in [0.25, 0.3) is 0 Å². The van der Waals surface area contributed by atoms with Gasteiger partial charge in [-0.2, -0.15) is 5.26 Å². The molecule has 7 nitrogen and oxygen atoms in total. The zero-order valence-corrected chi connectivity index (χ0v) is 10.7. The zero-order chi connectivity index (χ0) is 14.7. The Bertz CT molecular complexity index is 711.